The molecule has 2 rings (SSSR count). The van der Waals surface area contributed by atoms with Crippen molar-refractivity contribution in [3.63, 3.8) is 0 Å². The quantitative estimate of drug-likeness (QED) is 0.939. The van der Waals surface area contributed by atoms with Gasteiger partial charge in [0.1, 0.15) is 16.5 Å². The summed E-state index contributed by atoms with van der Waals surface area (Å²) in [4.78, 5) is -0.329. The Labute approximate surface area is 122 Å². The van der Waals surface area contributed by atoms with Gasteiger partial charge in [-0.2, -0.15) is 0 Å². The molecule has 3 nitrogen and oxygen atoms in total. The van der Waals surface area contributed by atoms with Crippen LogP contribution in [0, 0.1) is 11.6 Å². The molecule has 0 aromatic heterocycles. The Bertz CT molecular complexity index is 760. The minimum absolute atomic E-state index is 0.296. The van der Waals surface area contributed by atoms with Crippen LogP contribution < -0.4 is 5.32 Å². The third-order valence-corrected chi connectivity index (χ3v) is 4.19. The fourth-order valence-electron chi connectivity index (χ4n) is 2.00. The molecule has 2 aromatic carbocycles. The lowest BCUT2D eigenvalue weighted by atomic mass is 10.1. The molecule has 0 fully saturated rings. The molecule has 2 aromatic rings. The molecule has 0 saturated carbocycles. The monoisotopic (exact) mass is 311 g/mol. The first-order chi connectivity index (χ1) is 9.77. The minimum Gasteiger partial charge on any atom is -0.378 e. The maximum absolute atomic E-state index is 13.8. The van der Waals surface area contributed by atoms with Crippen LogP contribution in [0.25, 0.3) is 0 Å². The largest absolute Gasteiger partial charge is 0.378 e. The summed E-state index contributed by atoms with van der Waals surface area (Å²) in [5.41, 5.74) is 1.14. The van der Waals surface area contributed by atoms with Crippen molar-refractivity contribution >= 4 is 15.5 Å². The third-order valence-electron chi connectivity index (χ3n) is 3.06. The van der Waals surface area contributed by atoms with E-state index in [9.17, 15) is 17.2 Å². The number of rotatable bonds is 4. The van der Waals surface area contributed by atoms with Gasteiger partial charge in [-0.25, -0.2) is 17.2 Å². The lowest BCUT2D eigenvalue weighted by Gasteiger charge is -2.16. The molecule has 112 valence electrons. The second-order valence-corrected chi connectivity index (χ2v) is 6.82. The second kappa shape index (κ2) is 5.81. The van der Waals surface area contributed by atoms with Crippen molar-refractivity contribution in [1.82, 2.24) is 0 Å². The third kappa shape index (κ3) is 3.78. The van der Waals surface area contributed by atoms with Gasteiger partial charge in [-0.15, -0.1) is 0 Å². The van der Waals surface area contributed by atoms with Gasteiger partial charge >= 0.3 is 0 Å². The molecule has 1 atom stereocenters. The molecule has 0 bridgehead atoms. The molecule has 0 spiro atoms. The van der Waals surface area contributed by atoms with Gasteiger partial charge in [-0.05, 0) is 42.8 Å². The Hall–Kier alpha value is -1.95. The summed E-state index contributed by atoms with van der Waals surface area (Å²) >= 11 is 0. The summed E-state index contributed by atoms with van der Waals surface area (Å²) in [5, 5.41) is 3.03. The molecular formula is C15H15F2NO2S. The molecule has 0 aliphatic rings. The summed E-state index contributed by atoms with van der Waals surface area (Å²) < 4.78 is 49.7. The summed E-state index contributed by atoms with van der Waals surface area (Å²) in [6.07, 6.45) is 0.958. The molecular weight excluding hydrogens is 296 g/mol. The van der Waals surface area contributed by atoms with Crippen LogP contribution >= 0.6 is 0 Å². The second-order valence-electron chi connectivity index (χ2n) is 4.84. The van der Waals surface area contributed by atoms with Crippen molar-refractivity contribution < 1.29 is 17.2 Å². The predicted molar refractivity (Wildman–Crippen MR) is 77.9 cm³/mol. The van der Waals surface area contributed by atoms with E-state index < -0.39 is 15.7 Å². The number of hydrogen-bond acceptors (Lipinski definition) is 3. The van der Waals surface area contributed by atoms with Crippen molar-refractivity contribution in [3.8, 4) is 0 Å². The SMILES string of the molecule is C[C@H](Nc1cccc(F)c1)c1ccc(S(C)(=O)=O)c(F)c1. The van der Waals surface area contributed by atoms with Crippen LogP contribution in [0.15, 0.2) is 47.4 Å². The Morgan fingerprint density at radius 2 is 1.81 bits per heavy atom. The first kappa shape index (κ1) is 15.4. The molecule has 21 heavy (non-hydrogen) atoms. The Balaban J connectivity index is 2.24. The van der Waals surface area contributed by atoms with Gasteiger partial charge in [0.25, 0.3) is 0 Å². The smallest absolute Gasteiger partial charge is 0.178 e. The normalized spacial score (nSPS) is 13.0. The van der Waals surface area contributed by atoms with E-state index in [1.54, 1.807) is 19.1 Å². The van der Waals surface area contributed by atoms with Crippen LogP contribution in [-0.2, 0) is 9.84 Å². The van der Waals surface area contributed by atoms with Gasteiger partial charge in [0.15, 0.2) is 9.84 Å². The van der Waals surface area contributed by atoms with Crippen molar-refractivity contribution in [2.75, 3.05) is 11.6 Å². The molecule has 0 heterocycles. The van der Waals surface area contributed by atoms with Crippen LogP contribution in [0.5, 0.6) is 0 Å². The van der Waals surface area contributed by atoms with Crippen molar-refractivity contribution in [1.29, 1.82) is 0 Å². The number of nitrogens with one attached hydrogen (secondary N) is 1. The summed E-state index contributed by atoms with van der Waals surface area (Å²) in [6.45, 7) is 1.78. The lowest BCUT2D eigenvalue weighted by molar-refractivity contribution is 0.568. The first-order valence-electron chi connectivity index (χ1n) is 6.29. The number of anilines is 1. The van der Waals surface area contributed by atoms with Crippen LogP contribution in [0.4, 0.5) is 14.5 Å². The molecule has 6 heteroatoms. The molecule has 0 radical (unpaired) electrons. The lowest BCUT2D eigenvalue weighted by Crippen LogP contribution is -2.08. The first-order valence-corrected chi connectivity index (χ1v) is 8.18. The van der Waals surface area contributed by atoms with Gasteiger partial charge in [-0.1, -0.05) is 12.1 Å². The maximum Gasteiger partial charge on any atom is 0.178 e. The van der Waals surface area contributed by atoms with E-state index in [1.165, 1.54) is 30.3 Å². The van der Waals surface area contributed by atoms with Crippen LogP contribution in [0.3, 0.4) is 0 Å². The Morgan fingerprint density at radius 1 is 1.10 bits per heavy atom. The van der Waals surface area contributed by atoms with Crippen LogP contribution in [0.1, 0.15) is 18.5 Å². The van der Waals surface area contributed by atoms with E-state index in [0.29, 0.717) is 11.3 Å². The van der Waals surface area contributed by atoms with Gasteiger partial charge in [0, 0.05) is 18.0 Å². The predicted octanol–water partition coefficient (Wildman–Crippen LogP) is 3.54. The fourth-order valence-corrected chi connectivity index (χ4v) is 2.73. The number of hydrogen-bond donors (Lipinski definition) is 1. The molecule has 1 N–H and O–H groups in total. The summed E-state index contributed by atoms with van der Waals surface area (Å²) in [5.74, 6) is -1.16. The summed E-state index contributed by atoms with van der Waals surface area (Å²) in [6, 6.07) is 9.58. The highest BCUT2D eigenvalue weighted by Crippen LogP contribution is 2.23. The average Bonchev–Trinajstić information content (AvgIpc) is 2.37. The number of halogens is 2. The number of benzene rings is 2. The van der Waals surface area contributed by atoms with Gasteiger partial charge < -0.3 is 5.32 Å². The highest BCUT2D eigenvalue weighted by molar-refractivity contribution is 7.90. The van der Waals surface area contributed by atoms with Gasteiger partial charge in [0.2, 0.25) is 0 Å². The maximum atomic E-state index is 13.8. The van der Waals surface area contributed by atoms with Crippen LogP contribution in [0.2, 0.25) is 0 Å². The minimum atomic E-state index is -3.59. The van der Waals surface area contributed by atoms with Crippen LogP contribution in [-0.4, -0.2) is 14.7 Å². The van der Waals surface area contributed by atoms with E-state index >= 15 is 0 Å². The standard InChI is InChI=1S/C15H15F2NO2S/c1-10(18-13-5-3-4-12(16)9-13)11-6-7-15(14(17)8-11)21(2,19)20/h3-10,18H,1-2H3/t10-/m0/s1. The van der Waals surface area contributed by atoms with E-state index in [1.807, 2.05) is 0 Å². The average molecular weight is 311 g/mol. The molecule has 0 unspecified atom stereocenters. The fraction of sp³-hybridized carbons (Fsp3) is 0.200. The van der Waals surface area contributed by atoms with E-state index in [-0.39, 0.29) is 16.8 Å². The van der Waals surface area contributed by atoms with E-state index in [2.05, 4.69) is 5.32 Å². The zero-order valence-electron chi connectivity index (χ0n) is 11.6. The zero-order valence-corrected chi connectivity index (χ0v) is 12.4. The van der Waals surface area contributed by atoms with E-state index in [0.717, 1.165) is 6.26 Å². The topological polar surface area (TPSA) is 46.2 Å². The highest BCUT2D eigenvalue weighted by atomic mass is 32.2. The molecule has 0 amide bonds. The van der Waals surface area contributed by atoms with Crippen molar-refractivity contribution in [2.24, 2.45) is 0 Å². The molecule has 0 aliphatic carbocycles. The highest BCUT2D eigenvalue weighted by Gasteiger charge is 2.15. The van der Waals surface area contributed by atoms with E-state index in [4.69, 9.17) is 0 Å². The van der Waals surface area contributed by atoms with Gasteiger partial charge in [-0.3, -0.25) is 0 Å². The molecule has 0 aliphatic heterocycles. The zero-order chi connectivity index (χ0) is 15.6. The van der Waals surface area contributed by atoms with Crippen molar-refractivity contribution in [2.45, 2.75) is 17.9 Å². The molecule has 0 saturated heterocycles. The number of sulfone groups is 1. The Kier molecular flexibility index (Phi) is 4.27. The summed E-state index contributed by atoms with van der Waals surface area (Å²) in [7, 11) is -3.59. The van der Waals surface area contributed by atoms with Crippen molar-refractivity contribution in [3.05, 3.63) is 59.7 Å². The van der Waals surface area contributed by atoms with Gasteiger partial charge in [0.05, 0.1) is 0 Å². The Morgan fingerprint density at radius 3 is 2.38 bits per heavy atom.